The quantitative estimate of drug-likeness (QED) is 0.403. The molecule has 1 aliphatic rings. The first-order valence-electron chi connectivity index (χ1n) is 12.0. The molecule has 13 heteroatoms. The number of benzene rings is 1. The van der Waals surface area contributed by atoms with Gasteiger partial charge in [0.1, 0.15) is 18.2 Å². The number of carbonyl (C=O) groups excluding carboxylic acids is 2. The first-order valence-corrected chi connectivity index (χ1v) is 12.0. The molecule has 0 unspecified atom stereocenters. The molecule has 1 fully saturated rings. The molecule has 2 amide bonds. The summed E-state index contributed by atoms with van der Waals surface area (Å²) in [5.74, 6) is -3.77. The molecule has 0 radical (unpaired) electrons. The Labute approximate surface area is 211 Å². The van der Waals surface area contributed by atoms with Crippen molar-refractivity contribution >= 4 is 17.6 Å². The zero-order valence-corrected chi connectivity index (χ0v) is 20.6. The molecule has 37 heavy (non-hydrogen) atoms. The van der Waals surface area contributed by atoms with Gasteiger partial charge in [0.15, 0.2) is 5.82 Å². The van der Waals surface area contributed by atoms with Crippen LogP contribution in [0.3, 0.4) is 0 Å². The van der Waals surface area contributed by atoms with Gasteiger partial charge < -0.3 is 5.32 Å². The Morgan fingerprint density at radius 2 is 2.03 bits per heavy atom. The van der Waals surface area contributed by atoms with E-state index in [1.807, 2.05) is 6.92 Å². The Morgan fingerprint density at radius 1 is 1.27 bits per heavy atom. The number of alkyl halides is 2. The van der Waals surface area contributed by atoms with E-state index in [4.69, 9.17) is 0 Å². The van der Waals surface area contributed by atoms with Gasteiger partial charge in [-0.25, -0.2) is 22.8 Å². The van der Waals surface area contributed by atoms with Crippen LogP contribution >= 0.6 is 0 Å². The third-order valence-electron chi connectivity index (χ3n) is 6.11. The summed E-state index contributed by atoms with van der Waals surface area (Å²) in [5.41, 5.74) is 1.12. The molecule has 1 aromatic carbocycles. The molecule has 198 valence electrons. The number of halogens is 3. The summed E-state index contributed by atoms with van der Waals surface area (Å²) >= 11 is 0. The highest BCUT2D eigenvalue weighted by Gasteiger charge is 2.43. The molecule has 2 N–H and O–H groups in total. The lowest BCUT2D eigenvalue weighted by Gasteiger charge is -2.38. The first kappa shape index (κ1) is 26.3. The SMILES string of the molecule is CCC[C@H](NC(=O)c1ncn(Cc2ccccc2F)n1)C(=O)N(C)c1cc(CCN2CC(F)(F)C2)[nH]n1. The number of hydrogen-bond acceptors (Lipinski definition) is 6. The second-order valence-electron chi connectivity index (χ2n) is 9.14. The maximum atomic E-state index is 13.9. The summed E-state index contributed by atoms with van der Waals surface area (Å²) in [4.78, 5) is 32.9. The first-order chi connectivity index (χ1) is 17.6. The molecule has 10 nitrogen and oxygen atoms in total. The monoisotopic (exact) mass is 518 g/mol. The molecular weight excluding hydrogens is 489 g/mol. The van der Waals surface area contributed by atoms with E-state index in [0.717, 1.165) is 0 Å². The largest absolute Gasteiger partial charge is 0.337 e. The van der Waals surface area contributed by atoms with Crippen molar-refractivity contribution in [3.63, 3.8) is 0 Å². The molecule has 0 spiro atoms. The predicted molar refractivity (Wildman–Crippen MR) is 129 cm³/mol. The van der Waals surface area contributed by atoms with Crippen LogP contribution in [-0.2, 0) is 17.8 Å². The van der Waals surface area contributed by atoms with E-state index in [0.29, 0.717) is 42.9 Å². The maximum Gasteiger partial charge on any atom is 0.291 e. The minimum atomic E-state index is -2.61. The van der Waals surface area contributed by atoms with Gasteiger partial charge in [-0.1, -0.05) is 31.5 Å². The van der Waals surface area contributed by atoms with Gasteiger partial charge in [0.25, 0.3) is 17.7 Å². The van der Waals surface area contributed by atoms with Crippen molar-refractivity contribution in [1.82, 2.24) is 35.2 Å². The van der Waals surface area contributed by atoms with Gasteiger partial charge in [0.05, 0.1) is 19.6 Å². The van der Waals surface area contributed by atoms with Crippen LogP contribution in [0.15, 0.2) is 36.7 Å². The van der Waals surface area contributed by atoms with Crippen molar-refractivity contribution in [2.24, 2.45) is 0 Å². The van der Waals surface area contributed by atoms with Crippen molar-refractivity contribution < 1.29 is 22.8 Å². The van der Waals surface area contributed by atoms with Crippen LogP contribution in [0.25, 0.3) is 0 Å². The summed E-state index contributed by atoms with van der Waals surface area (Å²) in [6, 6.07) is 7.09. The zero-order chi connectivity index (χ0) is 26.6. The van der Waals surface area contributed by atoms with Gasteiger partial charge in [-0.2, -0.15) is 5.10 Å². The lowest BCUT2D eigenvalue weighted by molar-refractivity contribution is -0.129. The fourth-order valence-corrected chi connectivity index (χ4v) is 4.09. The second-order valence-corrected chi connectivity index (χ2v) is 9.14. The van der Waals surface area contributed by atoms with Gasteiger partial charge in [0.2, 0.25) is 5.82 Å². The fraction of sp³-hybridized carbons (Fsp3) is 0.458. The van der Waals surface area contributed by atoms with E-state index in [9.17, 15) is 22.8 Å². The minimum Gasteiger partial charge on any atom is -0.337 e. The molecule has 4 rings (SSSR count). The van der Waals surface area contributed by atoms with Gasteiger partial charge >= 0.3 is 0 Å². The third-order valence-corrected chi connectivity index (χ3v) is 6.11. The van der Waals surface area contributed by atoms with Crippen molar-refractivity contribution in [2.75, 3.05) is 31.6 Å². The summed E-state index contributed by atoms with van der Waals surface area (Å²) in [5, 5.41) is 13.8. The van der Waals surface area contributed by atoms with Crippen LogP contribution in [-0.4, -0.2) is 80.3 Å². The third kappa shape index (κ3) is 6.53. The molecule has 3 aromatic rings. The van der Waals surface area contributed by atoms with E-state index in [1.54, 1.807) is 36.2 Å². The lowest BCUT2D eigenvalue weighted by atomic mass is 10.1. The van der Waals surface area contributed by atoms with Crippen molar-refractivity contribution in [1.29, 1.82) is 0 Å². The molecule has 2 aromatic heterocycles. The molecule has 1 aliphatic heterocycles. The molecule has 0 bridgehead atoms. The minimum absolute atomic E-state index is 0.106. The van der Waals surface area contributed by atoms with E-state index < -0.39 is 17.9 Å². The summed E-state index contributed by atoms with van der Waals surface area (Å²) in [7, 11) is 1.55. The van der Waals surface area contributed by atoms with E-state index in [-0.39, 0.29) is 37.2 Å². The Bertz CT molecular complexity index is 1240. The fourth-order valence-electron chi connectivity index (χ4n) is 4.09. The molecule has 3 heterocycles. The number of likely N-dealkylation sites (N-methyl/N-ethyl adjacent to an activating group) is 1. The van der Waals surface area contributed by atoms with Crippen LogP contribution < -0.4 is 10.2 Å². The van der Waals surface area contributed by atoms with Gasteiger partial charge in [-0.15, -0.1) is 5.10 Å². The van der Waals surface area contributed by atoms with E-state index in [1.165, 1.54) is 22.0 Å². The number of hydrogen-bond donors (Lipinski definition) is 2. The Morgan fingerprint density at radius 3 is 2.73 bits per heavy atom. The summed E-state index contributed by atoms with van der Waals surface area (Å²) < 4.78 is 41.3. The molecule has 0 saturated carbocycles. The number of likely N-dealkylation sites (tertiary alicyclic amines) is 1. The summed E-state index contributed by atoms with van der Waals surface area (Å²) in [6.45, 7) is 1.95. The average molecular weight is 519 g/mol. The van der Waals surface area contributed by atoms with Crippen LogP contribution in [0.4, 0.5) is 19.0 Å². The van der Waals surface area contributed by atoms with Crippen LogP contribution in [0.1, 0.15) is 41.6 Å². The Balaban J connectivity index is 1.34. The highest BCUT2D eigenvalue weighted by Crippen LogP contribution is 2.26. The number of amides is 2. The molecule has 0 aliphatic carbocycles. The topological polar surface area (TPSA) is 112 Å². The number of rotatable bonds is 11. The number of H-pyrrole nitrogens is 1. The highest BCUT2D eigenvalue weighted by atomic mass is 19.3. The number of carbonyl (C=O) groups is 2. The Kier molecular flexibility index (Phi) is 7.91. The highest BCUT2D eigenvalue weighted by molar-refractivity contribution is 6.00. The number of nitrogens with zero attached hydrogens (tertiary/aromatic N) is 6. The van der Waals surface area contributed by atoms with Gasteiger partial charge in [-0.3, -0.25) is 24.5 Å². The zero-order valence-electron chi connectivity index (χ0n) is 20.6. The van der Waals surface area contributed by atoms with Crippen LogP contribution in [0.5, 0.6) is 0 Å². The van der Waals surface area contributed by atoms with Crippen molar-refractivity contribution in [3.8, 4) is 0 Å². The smallest absolute Gasteiger partial charge is 0.291 e. The second kappa shape index (κ2) is 11.1. The van der Waals surface area contributed by atoms with E-state index >= 15 is 0 Å². The summed E-state index contributed by atoms with van der Waals surface area (Å²) in [6.07, 6.45) is 2.83. The van der Waals surface area contributed by atoms with Crippen LogP contribution in [0, 0.1) is 5.82 Å². The number of aromatic nitrogens is 5. The van der Waals surface area contributed by atoms with E-state index in [2.05, 4.69) is 25.6 Å². The van der Waals surface area contributed by atoms with Crippen molar-refractivity contribution in [2.45, 2.75) is 44.7 Å². The standard InChI is InChI=1S/C24H29F3N8O2/c1-3-6-19(29-22(36)21-28-15-35(32-21)12-16-7-4-5-8-18(16)25)23(37)33(2)20-11-17(30-31-20)9-10-34-13-24(26,27)14-34/h4-5,7-8,11,15,19H,3,6,9-10,12-14H2,1-2H3,(H,29,36)(H,30,31)/t19-/m0/s1. The normalized spacial score (nSPS) is 15.7. The van der Waals surface area contributed by atoms with Gasteiger partial charge in [0, 0.05) is 37.3 Å². The average Bonchev–Trinajstić information content (AvgIpc) is 3.51. The molecule has 1 saturated heterocycles. The maximum absolute atomic E-state index is 13.9. The molecular formula is C24H29F3N8O2. The number of nitrogens with one attached hydrogen (secondary N) is 2. The van der Waals surface area contributed by atoms with Crippen molar-refractivity contribution in [3.05, 3.63) is 59.6 Å². The lowest BCUT2D eigenvalue weighted by Crippen LogP contribution is -2.56. The number of anilines is 1. The molecule has 1 atom stereocenters. The Hall–Kier alpha value is -3.74. The van der Waals surface area contributed by atoms with Gasteiger partial charge in [-0.05, 0) is 12.5 Å². The van der Waals surface area contributed by atoms with Crippen LogP contribution in [0.2, 0.25) is 0 Å². The predicted octanol–water partition coefficient (Wildman–Crippen LogP) is 2.24. The number of aromatic amines is 1.